The Kier molecular flexibility index (Phi) is 3.76. The lowest BCUT2D eigenvalue weighted by atomic mass is 10.0. The average Bonchev–Trinajstić information content (AvgIpc) is 3.00. The highest BCUT2D eigenvalue weighted by molar-refractivity contribution is 6.35. The molecule has 102 valence electrons. The van der Waals surface area contributed by atoms with Gasteiger partial charge in [0.25, 0.3) is 0 Å². The van der Waals surface area contributed by atoms with Crippen LogP contribution in [-0.2, 0) is 13.0 Å². The van der Waals surface area contributed by atoms with Gasteiger partial charge in [-0.15, -0.1) is 0 Å². The third kappa shape index (κ3) is 2.49. The minimum atomic E-state index is 0.714. The standard InChI is InChI=1S/C15H20ClN3/c1-2-8-19-14(9-11-6-7-17-10-11)18-13-5-3-4-12(16)15(13)19/h3-5,11,17H,2,6-10H2,1H3. The quantitative estimate of drug-likeness (QED) is 0.930. The second-order valence-electron chi connectivity index (χ2n) is 5.35. The molecule has 1 aromatic carbocycles. The van der Waals surface area contributed by atoms with Crippen LogP contribution in [0.3, 0.4) is 0 Å². The second-order valence-corrected chi connectivity index (χ2v) is 5.76. The average molecular weight is 278 g/mol. The fourth-order valence-corrected chi connectivity index (χ4v) is 3.23. The second kappa shape index (κ2) is 5.51. The molecule has 3 nitrogen and oxygen atoms in total. The first-order valence-corrected chi connectivity index (χ1v) is 7.51. The van der Waals surface area contributed by atoms with Gasteiger partial charge >= 0.3 is 0 Å². The number of halogens is 1. The molecule has 0 radical (unpaired) electrons. The van der Waals surface area contributed by atoms with Crippen molar-refractivity contribution >= 4 is 22.6 Å². The van der Waals surface area contributed by atoms with E-state index >= 15 is 0 Å². The van der Waals surface area contributed by atoms with Crippen LogP contribution in [0.5, 0.6) is 0 Å². The number of rotatable bonds is 4. The van der Waals surface area contributed by atoms with E-state index in [0.717, 1.165) is 48.5 Å². The van der Waals surface area contributed by atoms with Crippen molar-refractivity contribution in [2.45, 2.75) is 32.7 Å². The Bertz CT molecular complexity index is 570. The van der Waals surface area contributed by atoms with E-state index in [1.807, 2.05) is 12.1 Å². The molecule has 0 amide bonds. The molecule has 1 aliphatic heterocycles. The fraction of sp³-hybridized carbons (Fsp3) is 0.533. The first-order chi connectivity index (χ1) is 9.29. The number of aromatic nitrogens is 2. The van der Waals surface area contributed by atoms with Gasteiger partial charge in [-0.2, -0.15) is 0 Å². The van der Waals surface area contributed by atoms with Crippen molar-refractivity contribution in [2.75, 3.05) is 13.1 Å². The van der Waals surface area contributed by atoms with Crippen molar-refractivity contribution in [1.82, 2.24) is 14.9 Å². The lowest BCUT2D eigenvalue weighted by molar-refractivity contribution is 0.535. The lowest BCUT2D eigenvalue weighted by Gasteiger charge is -2.11. The van der Waals surface area contributed by atoms with Crippen LogP contribution >= 0.6 is 11.6 Å². The predicted octanol–water partition coefficient (Wildman–Crippen LogP) is 3.25. The van der Waals surface area contributed by atoms with E-state index in [0.29, 0.717) is 5.92 Å². The largest absolute Gasteiger partial charge is 0.327 e. The summed E-state index contributed by atoms with van der Waals surface area (Å²) in [6.07, 6.45) is 3.41. The van der Waals surface area contributed by atoms with E-state index in [9.17, 15) is 0 Å². The summed E-state index contributed by atoms with van der Waals surface area (Å²) in [6.45, 7) is 5.45. The van der Waals surface area contributed by atoms with Gasteiger partial charge < -0.3 is 9.88 Å². The van der Waals surface area contributed by atoms with Crippen LogP contribution in [0.15, 0.2) is 18.2 Å². The number of fused-ring (bicyclic) bond motifs is 1. The monoisotopic (exact) mass is 277 g/mol. The summed E-state index contributed by atoms with van der Waals surface area (Å²) in [6, 6.07) is 6.00. The molecule has 1 fully saturated rings. The van der Waals surface area contributed by atoms with Crippen molar-refractivity contribution in [1.29, 1.82) is 0 Å². The number of nitrogens with zero attached hydrogens (tertiary/aromatic N) is 2. The number of imidazole rings is 1. The van der Waals surface area contributed by atoms with Gasteiger partial charge in [0, 0.05) is 13.0 Å². The Balaban J connectivity index is 2.01. The molecule has 1 atom stereocenters. The van der Waals surface area contributed by atoms with Gasteiger partial charge in [-0.1, -0.05) is 24.6 Å². The Morgan fingerprint density at radius 2 is 2.37 bits per heavy atom. The van der Waals surface area contributed by atoms with E-state index in [2.05, 4.69) is 22.9 Å². The van der Waals surface area contributed by atoms with Gasteiger partial charge in [-0.25, -0.2) is 4.98 Å². The van der Waals surface area contributed by atoms with Crippen molar-refractivity contribution < 1.29 is 0 Å². The zero-order chi connectivity index (χ0) is 13.2. The molecule has 19 heavy (non-hydrogen) atoms. The molecular weight excluding hydrogens is 258 g/mol. The Labute approximate surface area is 119 Å². The van der Waals surface area contributed by atoms with Crippen LogP contribution in [0.4, 0.5) is 0 Å². The number of nitrogens with one attached hydrogen (secondary N) is 1. The third-order valence-corrected chi connectivity index (χ3v) is 4.18. The van der Waals surface area contributed by atoms with Crippen molar-refractivity contribution in [3.63, 3.8) is 0 Å². The molecular formula is C15H20ClN3. The van der Waals surface area contributed by atoms with Gasteiger partial charge in [0.2, 0.25) is 0 Å². The van der Waals surface area contributed by atoms with E-state index in [1.54, 1.807) is 0 Å². The first kappa shape index (κ1) is 12.9. The normalized spacial score (nSPS) is 19.4. The molecule has 4 heteroatoms. The smallest absolute Gasteiger partial charge is 0.110 e. The topological polar surface area (TPSA) is 29.9 Å². The molecule has 0 spiro atoms. The van der Waals surface area contributed by atoms with Crippen LogP contribution in [0, 0.1) is 5.92 Å². The molecule has 2 heterocycles. The van der Waals surface area contributed by atoms with E-state index < -0.39 is 0 Å². The number of aryl methyl sites for hydroxylation is 1. The highest BCUT2D eigenvalue weighted by Gasteiger charge is 2.19. The minimum absolute atomic E-state index is 0.714. The molecule has 0 saturated carbocycles. The van der Waals surface area contributed by atoms with E-state index in [-0.39, 0.29) is 0 Å². The Morgan fingerprint density at radius 3 is 3.11 bits per heavy atom. The van der Waals surface area contributed by atoms with Crippen LogP contribution in [0.1, 0.15) is 25.6 Å². The third-order valence-electron chi connectivity index (χ3n) is 3.88. The predicted molar refractivity (Wildman–Crippen MR) is 79.7 cm³/mol. The van der Waals surface area contributed by atoms with Gasteiger partial charge in [-0.05, 0) is 44.0 Å². The van der Waals surface area contributed by atoms with Crippen molar-refractivity contribution in [2.24, 2.45) is 5.92 Å². The van der Waals surface area contributed by atoms with Crippen LogP contribution in [0.2, 0.25) is 5.02 Å². The SMILES string of the molecule is CCCn1c(CC2CCNC2)nc2cccc(Cl)c21. The highest BCUT2D eigenvalue weighted by Crippen LogP contribution is 2.26. The van der Waals surface area contributed by atoms with Gasteiger partial charge in [0.15, 0.2) is 0 Å². The van der Waals surface area contributed by atoms with Gasteiger partial charge in [0.1, 0.15) is 5.82 Å². The molecule has 0 aliphatic carbocycles. The van der Waals surface area contributed by atoms with Gasteiger partial charge in [-0.3, -0.25) is 0 Å². The summed E-state index contributed by atoms with van der Waals surface area (Å²) in [7, 11) is 0. The maximum absolute atomic E-state index is 6.35. The highest BCUT2D eigenvalue weighted by atomic mass is 35.5. The summed E-state index contributed by atoms with van der Waals surface area (Å²) >= 11 is 6.35. The Hall–Kier alpha value is -1.06. The van der Waals surface area contributed by atoms with Crippen LogP contribution < -0.4 is 5.32 Å². The summed E-state index contributed by atoms with van der Waals surface area (Å²) in [5.74, 6) is 1.91. The number of benzene rings is 1. The maximum atomic E-state index is 6.35. The lowest BCUT2D eigenvalue weighted by Crippen LogP contribution is -2.14. The molecule has 1 unspecified atom stereocenters. The molecule has 1 N–H and O–H groups in total. The Morgan fingerprint density at radius 1 is 1.47 bits per heavy atom. The molecule has 2 aromatic rings. The summed E-state index contributed by atoms with van der Waals surface area (Å²) < 4.78 is 2.32. The summed E-state index contributed by atoms with van der Waals surface area (Å²) in [5.41, 5.74) is 2.13. The molecule has 1 aliphatic rings. The fourth-order valence-electron chi connectivity index (χ4n) is 2.96. The van der Waals surface area contributed by atoms with Gasteiger partial charge in [0.05, 0.1) is 16.1 Å². The number of para-hydroxylation sites is 1. The van der Waals surface area contributed by atoms with Crippen molar-refractivity contribution in [3.8, 4) is 0 Å². The number of hydrogen-bond donors (Lipinski definition) is 1. The summed E-state index contributed by atoms with van der Waals surface area (Å²) in [4.78, 5) is 4.81. The van der Waals surface area contributed by atoms with Crippen LogP contribution in [0.25, 0.3) is 11.0 Å². The zero-order valence-corrected chi connectivity index (χ0v) is 12.1. The summed E-state index contributed by atoms with van der Waals surface area (Å²) in [5, 5.41) is 4.24. The maximum Gasteiger partial charge on any atom is 0.110 e. The first-order valence-electron chi connectivity index (χ1n) is 7.14. The zero-order valence-electron chi connectivity index (χ0n) is 11.3. The number of hydrogen-bond acceptors (Lipinski definition) is 2. The van der Waals surface area contributed by atoms with Crippen molar-refractivity contribution in [3.05, 3.63) is 29.0 Å². The molecule has 1 aromatic heterocycles. The van der Waals surface area contributed by atoms with Crippen LogP contribution in [-0.4, -0.2) is 22.6 Å². The minimum Gasteiger partial charge on any atom is -0.327 e. The molecule has 1 saturated heterocycles. The molecule has 0 bridgehead atoms. The molecule has 3 rings (SSSR count). The van der Waals surface area contributed by atoms with E-state index in [1.165, 1.54) is 12.2 Å². The van der Waals surface area contributed by atoms with E-state index in [4.69, 9.17) is 16.6 Å².